The van der Waals surface area contributed by atoms with E-state index in [0.717, 1.165) is 5.56 Å². The van der Waals surface area contributed by atoms with Crippen LogP contribution in [-0.4, -0.2) is 20.7 Å². The number of hydrogen-bond acceptors (Lipinski definition) is 5. The summed E-state index contributed by atoms with van der Waals surface area (Å²) in [5.74, 6) is 1.09. The van der Waals surface area contributed by atoms with Crippen molar-refractivity contribution >= 4 is 0 Å². The Balaban J connectivity index is 2.07. The zero-order valence-corrected chi connectivity index (χ0v) is 10.3. The first-order chi connectivity index (χ1) is 8.04. The maximum Gasteiger partial charge on any atom is 0.249 e. The van der Waals surface area contributed by atoms with Gasteiger partial charge in [0, 0.05) is 17.9 Å². The van der Waals surface area contributed by atoms with Gasteiger partial charge in [0.05, 0.1) is 12.1 Å². The van der Waals surface area contributed by atoms with Gasteiger partial charge in [0.25, 0.3) is 0 Å². The van der Waals surface area contributed by atoms with Crippen molar-refractivity contribution in [2.24, 2.45) is 0 Å². The molecule has 90 valence electrons. The van der Waals surface area contributed by atoms with Gasteiger partial charge in [0.1, 0.15) is 0 Å². The second-order valence-electron chi connectivity index (χ2n) is 4.85. The Labute approximate surface area is 100 Å². The van der Waals surface area contributed by atoms with E-state index in [9.17, 15) is 0 Å². The number of nitrogens with one attached hydrogen (secondary N) is 1. The maximum atomic E-state index is 5.54. The first-order valence-corrected chi connectivity index (χ1v) is 5.52. The normalized spacial score (nSPS) is 11.7. The molecule has 0 atom stereocenters. The van der Waals surface area contributed by atoms with Crippen LogP contribution in [0.3, 0.4) is 0 Å². The van der Waals surface area contributed by atoms with E-state index < -0.39 is 0 Å². The van der Waals surface area contributed by atoms with Crippen LogP contribution >= 0.6 is 0 Å². The quantitative estimate of drug-likeness (QED) is 0.877. The standard InChI is InChI=1S/C12H16N4O/c1-12(2,3)14-8-10-15-16-11(17-10)9-5-4-6-13-7-9/h4-7,14H,8H2,1-3H3. The van der Waals surface area contributed by atoms with Crippen LogP contribution < -0.4 is 5.32 Å². The maximum absolute atomic E-state index is 5.54. The summed E-state index contributed by atoms with van der Waals surface area (Å²) >= 11 is 0. The second kappa shape index (κ2) is 4.63. The van der Waals surface area contributed by atoms with E-state index in [-0.39, 0.29) is 5.54 Å². The molecule has 2 aromatic heterocycles. The summed E-state index contributed by atoms with van der Waals surface area (Å²) in [6.45, 7) is 6.83. The van der Waals surface area contributed by atoms with Gasteiger partial charge in [-0.25, -0.2) is 0 Å². The van der Waals surface area contributed by atoms with Crippen molar-refractivity contribution in [2.75, 3.05) is 0 Å². The molecule has 0 aliphatic heterocycles. The smallest absolute Gasteiger partial charge is 0.249 e. The number of rotatable bonds is 3. The van der Waals surface area contributed by atoms with E-state index in [4.69, 9.17) is 4.42 Å². The molecule has 17 heavy (non-hydrogen) atoms. The van der Waals surface area contributed by atoms with Crippen LogP contribution in [0.4, 0.5) is 0 Å². The van der Waals surface area contributed by atoms with Crippen LogP contribution in [0.1, 0.15) is 26.7 Å². The van der Waals surface area contributed by atoms with Crippen LogP contribution in [0, 0.1) is 0 Å². The molecule has 0 radical (unpaired) electrons. The van der Waals surface area contributed by atoms with Gasteiger partial charge in [-0.3, -0.25) is 4.98 Å². The Bertz CT molecular complexity index is 473. The number of aromatic nitrogens is 3. The molecule has 0 fully saturated rings. The summed E-state index contributed by atoms with van der Waals surface area (Å²) in [7, 11) is 0. The largest absolute Gasteiger partial charge is 0.419 e. The van der Waals surface area contributed by atoms with Gasteiger partial charge in [-0.2, -0.15) is 0 Å². The minimum absolute atomic E-state index is 0.0307. The summed E-state index contributed by atoms with van der Waals surface area (Å²) in [6, 6.07) is 3.73. The van der Waals surface area contributed by atoms with Gasteiger partial charge < -0.3 is 9.73 Å². The van der Waals surface area contributed by atoms with Gasteiger partial charge in [0.2, 0.25) is 11.8 Å². The Morgan fingerprint density at radius 1 is 1.29 bits per heavy atom. The van der Waals surface area contributed by atoms with Gasteiger partial charge in [-0.1, -0.05) is 0 Å². The van der Waals surface area contributed by atoms with Crippen LogP contribution in [0.5, 0.6) is 0 Å². The van der Waals surface area contributed by atoms with Crippen molar-refractivity contribution < 1.29 is 4.42 Å². The van der Waals surface area contributed by atoms with Gasteiger partial charge in [0.15, 0.2) is 0 Å². The highest BCUT2D eigenvalue weighted by Crippen LogP contribution is 2.16. The zero-order chi connectivity index (χ0) is 12.3. The van der Waals surface area contributed by atoms with Crippen LogP contribution in [-0.2, 0) is 6.54 Å². The van der Waals surface area contributed by atoms with Crippen LogP contribution in [0.15, 0.2) is 28.9 Å². The summed E-state index contributed by atoms with van der Waals surface area (Å²) in [4.78, 5) is 4.01. The Morgan fingerprint density at radius 2 is 2.12 bits per heavy atom. The molecule has 5 heteroatoms. The predicted octanol–water partition coefficient (Wildman–Crippen LogP) is 2.02. The van der Waals surface area contributed by atoms with E-state index in [1.807, 2.05) is 12.1 Å². The molecule has 2 heterocycles. The SMILES string of the molecule is CC(C)(C)NCc1nnc(-c2cccnc2)o1. The number of nitrogens with zero attached hydrogens (tertiary/aromatic N) is 3. The van der Waals surface area contributed by atoms with Gasteiger partial charge in [-0.05, 0) is 32.9 Å². The summed E-state index contributed by atoms with van der Waals surface area (Å²) in [5, 5.41) is 11.3. The van der Waals surface area contributed by atoms with Crippen molar-refractivity contribution in [3.05, 3.63) is 30.4 Å². The molecule has 0 amide bonds. The van der Waals surface area contributed by atoms with Crippen molar-refractivity contribution in [2.45, 2.75) is 32.9 Å². The predicted molar refractivity (Wildman–Crippen MR) is 64.1 cm³/mol. The fourth-order valence-corrected chi connectivity index (χ4v) is 1.27. The van der Waals surface area contributed by atoms with Crippen molar-refractivity contribution in [1.82, 2.24) is 20.5 Å². The van der Waals surface area contributed by atoms with E-state index in [0.29, 0.717) is 18.3 Å². The van der Waals surface area contributed by atoms with Crippen molar-refractivity contribution in [1.29, 1.82) is 0 Å². The minimum Gasteiger partial charge on any atom is -0.419 e. The van der Waals surface area contributed by atoms with Crippen LogP contribution in [0.2, 0.25) is 0 Å². The highest BCUT2D eigenvalue weighted by atomic mass is 16.4. The molecule has 0 spiro atoms. The molecule has 0 bridgehead atoms. The third-order valence-corrected chi connectivity index (χ3v) is 2.15. The van der Waals surface area contributed by atoms with E-state index in [1.54, 1.807) is 12.4 Å². The van der Waals surface area contributed by atoms with E-state index in [2.05, 4.69) is 41.3 Å². The highest BCUT2D eigenvalue weighted by Gasteiger charge is 2.12. The molecule has 0 saturated heterocycles. The lowest BCUT2D eigenvalue weighted by Gasteiger charge is -2.18. The van der Waals surface area contributed by atoms with Gasteiger partial charge in [-0.15, -0.1) is 10.2 Å². The van der Waals surface area contributed by atoms with E-state index >= 15 is 0 Å². The molecular weight excluding hydrogens is 216 g/mol. The first kappa shape index (κ1) is 11.7. The van der Waals surface area contributed by atoms with Crippen LogP contribution in [0.25, 0.3) is 11.5 Å². The molecule has 0 saturated carbocycles. The Hall–Kier alpha value is -1.75. The molecule has 0 aromatic carbocycles. The van der Waals surface area contributed by atoms with Crippen molar-refractivity contribution in [3.8, 4) is 11.5 Å². The first-order valence-electron chi connectivity index (χ1n) is 5.52. The second-order valence-corrected chi connectivity index (χ2v) is 4.85. The molecule has 5 nitrogen and oxygen atoms in total. The Kier molecular flexibility index (Phi) is 3.19. The monoisotopic (exact) mass is 232 g/mol. The Morgan fingerprint density at radius 3 is 2.76 bits per heavy atom. The summed E-state index contributed by atoms with van der Waals surface area (Å²) in [5.41, 5.74) is 0.866. The topological polar surface area (TPSA) is 63.8 Å². The fraction of sp³-hybridized carbons (Fsp3) is 0.417. The summed E-state index contributed by atoms with van der Waals surface area (Å²) < 4.78 is 5.54. The minimum atomic E-state index is 0.0307. The average Bonchev–Trinajstić information content (AvgIpc) is 2.75. The molecular formula is C12H16N4O. The molecule has 2 aromatic rings. The highest BCUT2D eigenvalue weighted by molar-refractivity contribution is 5.49. The third-order valence-electron chi connectivity index (χ3n) is 2.15. The molecule has 0 aliphatic carbocycles. The third kappa shape index (κ3) is 3.35. The number of hydrogen-bond donors (Lipinski definition) is 1. The van der Waals surface area contributed by atoms with E-state index in [1.165, 1.54) is 0 Å². The molecule has 0 unspecified atom stereocenters. The summed E-state index contributed by atoms with van der Waals surface area (Å²) in [6.07, 6.45) is 3.41. The molecule has 0 aliphatic rings. The molecule has 1 N–H and O–H groups in total. The average molecular weight is 232 g/mol. The zero-order valence-electron chi connectivity index (χ0n) is 10.3. The molecule has 2 rings (SSSR count). The van der Waals surface area contributed by atoms with Crippen molar-refractivity contribution in [3.63, 3.8) is 0 Å². The fourth-order valence-electron chi connectivity index (χ4n) is 1.27. The number of pyridine rings is 1. The lowest BCUT2D eigenvalue weighted by Crippen LogP contribution is -2.35. The van der Waals surface area contributed by atoms with Gasteiger partial charge >= 0.3 is 0 Å². The lowest BCUT2D eigenvalue weighted by molar-refractivity contribution is 0.383. The lowest BCUT2D eigenvalue weighted by atomic mass is 10.1.